The van der Waals surface area contributed by atoms with Gasteiger partial charge < -0.3 is 14.8 Å². The monoisotopic (exact) mass is 332 g/mol. The van der Waals surface area contributed by atoms with Crippen molar-refractivity contribution >= 4 is 22.9 Å². The first-order chi connectivity index (χ1) is 11.2. The van der Waals surface area contributed by atoms with Crippen LogP contribution >= 0.6 is 11.3 Å². The average molecular weight is 332 g/mol. The van der Waals surface area contributed by atoms with Crippen molar-refractivity contribution in [2.45, 2.75) is 13.0 Å². The number of amides is 1. The number of ether oxygens (including phenoxy) is 2. The molecule has 6 heteroatoms. The molecule has 3 rings (SSSR count). The predicted octanol–water partition coefficient (Wildman–Crippen LogP) is 2.76. The SMILES string of the molecule is COc1ccc(NC(=O)CN2CCc3sccc3C2)cc1OC. The summed E-state index contributed by atoms with van der Waals surface area (Å²) in [7, 11) is 3.17. The Kier molecular flexibility index (Phi) is 4.83. The van der Waals surface area contributed by atoms with E-state index in [1.54, 1.807) is 37.7 Å². The minimum atomic E-state index is -0.0177. The molecule has 2 aromatic rings. The van der Waals surface area contributed by atoms with Gasteiger partial charge in [-0.05, 0) is 35.6 Å². The van der Waals surface area contributed by atoms with Gasteiger partial charge in [0.15, 0.2) is 11.5 Å². The number of fused-ring (bicyclic) bond motifs is 1. The maximum atomic E-state index is 12.3. The molecule has 0 saturated carbocycles. The Hall–Kier alpha value is -2.05. The Balaban J connectivity index is 1.59. The van der Waals surface area contributed by atoms with E-state index in [4.69, 9.17) is 9.47 Å². The van der Waals surface area contributed by atoms with Crippen LogP contribution < -0.4 is 14.8 Å². The predicted molar refractivity (Wildman–Crippen MR) is 91.5 cm³/mol. The van der Waals surface area contributed by atoms with Crippen LogP contribution in [0.1, 0.15) is 10.4 Å². The Labute approximate surface area is 139 Å². The summed E-state index contributed by atoms with van der Waals surface area (Å²) in [6.45, 7) is 2.16. The molecule has 0 aliphatic carbocycles. The summed E-state index contributed by atoms with van der Waals surface area (Å²) in [5.74, 6) is 1.23. The zero-order valence-corrected chi connectivity index (χ0v) is 14.1. The molecule has 0 radical (unpaired) electrons. The van der Waals surface area contributed by atoms with Crippen molar-refractivity contribution in [3.8, 4) is 11.5 Å². The fourth-order valence-corrected chi connectivity index (χ4v) is 3.65. The molecule has 0 unspecified atom stereocenters. The molecule has 0 spiro atoms. The summed E-state index contributed by atoms with van der Waals surface area (Å²) in [6, 6.07) is 7.52. The van der Waals surface area contributed by atoms with Gasteiger partial charge in [-0.1, -0.05) is 0 Å². The quantitative estimate of drug-likeness (QED) is 0.915. The van der Waals surface area contributed by atoms with E-state index >= 15 is 0 Å². The van der Waals surface area contributed by atoms with E-state index < -0.39 is 0 Å². The topological polar surface area (TPSA) is 50.8 Å². The third kappa shape index (κ3) is 3.65. The number of nitrogens with zero attached hydrogens (tertiary/aromatic N) is 1. The smallest absolute Gasteiger partial charge is 0.238 e. The molecular formula is C17H20N2O3S. The second-order valence-corrected chi connectivity index (χ2v) is 6.45. The summed E-state index contributed by atoms with van der Waals surface area (Å²) in [5, 5.41) is 5.04. The maximum Gasteiger partial charge on any atom is 0.238 e. The van der Waals surface area contributed by atoms with E-state index in [9.17, 15) is 4.79 Å². The molecule has 23 heavy (non-hydrogen) atoms. The number of hydrogen-bond acceptors (Lipinski definition) is 5. The second kappa shape index (κ2) is 7.02. The number of benzene rings is 1. The van der Waals surface area contributed by atoms with Crippen LogP contribution in [0.3, 0.4) is 0 Å². The first-order valence-corrected chi connectivity index (χ1v) is 8.37. The minimum absolute atomic E-state index is 0.0177. The van der Waals surface area contributed by atoms with Crippen LogP contribution in [-0.4, -0.2) is 38.1 Å². The third-order valence-electron chi connectivity index (χ3n) is 3.92. The Morgan fingerprint density at radius 2 is 2.09 bits per heavy atom. The molecule has 122 valence electrons. The lowest BCUT2D eigenvalue weighted by molar-refractivity contribution is -0.117. The van der Waals surface area contributed by atoms with E-state index in [1.807, 2.05) is 6.07 Å². The van der Waals surface area contributed by atoms with Gasteiger partial charge in [-0.15, -0.1) is 11.3 Å². The Morgan fingerprint density at radius 3 is 2.87 bits per heavy atom. The van der Waals surface area contributed by atoms with Crippen LogP contribution in [0.15, 0.2) is 29.6 Å². The van der Waals surface area contributed by atoms with E-state index in [-0.39, 0.29) is 5.91 Å². The molecule has 5 nitrogen and oxygen atoms in total. The largest absolute Gasteiger partial charge is 0.493 e. The summed E-state index contributed by atoms with van der Waals surface area (Å²) >= 11 is 1.80. The highest BCUT2D eigenvalue weighted by molar-refractivity contribution is 7.10. The molecule has 1 aromatic heterocycles. The molecule has 1 aromatic carbocycles. The van der Waals surface area contributed by atoms with Gasteiger partial charge in [0.2, 0.25) is 5.91 Å². The number of hydrogen-bond donors (Lipinski definition) is 1. The number of carbonyl (C=O) groups is 1. The molecule has 1 N–H and O–H groups in total. The van der Waals surface area contributed by atoms with Crippen molar-refractivity contribution < 1.29 is 14.3 Å². The number of anilines is 1. The van der Waals surface area contributed by atoms with E-state index in [2.05, 4.69) is 21.7 Å². The van der Waals surface area contributed by atoms with Gasteiger partial charge in [-0.3, -0.25) is 9.69 Å². The summed E-state index contributed by atoms with van der Waals surface area (Å²) < 4.78 is 10.5. The molecule has 1 amide bonds. The number of thiophene rings is 1. The van der Waals surface area contributed by atoms with Crippen LogP contribution in [-0.2, 0) is 17.8 Å². The minimum Gasteiger partial charge on any atom is -0.493 e. The maximum absolute atomic E-state index is 12.3. The fraction of sp³-hybridized carbons (Fsp3) is 0.353. The second-order valence-electron chi connectivity index (χ2n) is 5.45. The lowest BCUT2D eigenvalue weighted by Gasteiger charge is -2.26. The standard InChI is InChI=1S/C17H20N2O3S/c1-21-14-4-3-13(9-15(14)22-2)18-17(20)11-19-7-5-16-12(10-19)6-8-23-16/h3-4,6,8-9H,5,7,10-11H2,1-2H3,(H,18,20). The van der Waals surface area contributed by atoms with Gasteiger partial charge in [0, 0.05) is 29.7 Å². The number of methoxy groups -OCH3 is 2. The average Bonchev–Trinajstić information content (AvgIpc) is 3.02. The molecule has 0 atom stereocenters. The molecular weight excluding hydrogens is 312 g/mol. The summed E-state index contributed by atoms with van der Waals surface area (Å²) in [4.78, 5) is 15.9. The van der Waals surface area contributed by atoms with Gasteiger partial charge in [0.25, 0.3) is 0 Å². The van der Waals surface area contributed by atoms with Crippen LogP contribution in [0.4, 0.5) is 5.69 Å². The highest BCUT2D eigenvalue weighted by Crippen LogP contribution is 2.29. The van der Waals surface area contributed by atoms with Crippen molar-refractivity contribution in [2.24, 2.45) is 0 Å². The number of rotatable bonds is 5. The molecule has 0 bridgehead atoms. The highest BCUT2D eigenvalue weighted by atomic mass is 32.1. The lowest BCUT2D eigenvalue weighted by atomic mass is 10.1. The van der Waals surface area contributed by atoms with Crippen molar-refractivity contribution in [3.63, 3.8) is 0 Å². The molecule has 1 aliphatic rings. The van der Waals surface area contributed by atoms with Crippen molar-refractivity contribution in [3.05, 3.63) is 40.1 Å². The van der Waals surface area contributed by atoms with Crippen molar-refractivity contribution in [2.75, 3.05) is 32.6 Å². The highest BCUT2D eigenvalue weighted by Gasteiger charge is 2.19. The van der Waals surface area contributed by atoms with Crippen molar-refractivity contribution in [1.82, 2.24) is 4.90 Å². The Morgan fingerprint density at radius 1 is 1.26 bits per heavy atom. The fourth-order valence-electron chi connectivity index (χ4n) is 2.76. The normalized spacial score (nSPS) is 14.2. The first-order valence-electron chi connectivity index (χ1n) is 7.49. The molecule has 0 fully saturated rings. The van der Waals surface area contributed by atoms with Gasteiger partial charge in [0.1, 0.15) is 0 Å². The van der Waals surface area contributed by atoms with Crippen LogP contribution in [0.25, 0.3) is 0 Å². The van der Waals surface area contributed by atoms with Crippen LogP contribution in [0.2, 0.25) is 0 Å². The first kappa shape index (κ1) is 15.8. The van der Waals surface area contributed by atoms with Gasteiger partial charge in [0.05, 0.1) is 20.8 Å². The number of carbonyl (C=O) groups excluding carboxylic acids is 1. The molecule has 1 aliphatic heterocycles. The summed E-state index contributed by atoms with van der Waals surface area (Å²) in [5.41, 5.74) is 2.06. The van der Waals surface area contributed by atoms with Gasteiger partial charge in [-0.2, -0.15) is 0 Å². The van der Waals surface area contributed by atoms with E-state index in [1.165, 1.54) is 10.4 Å². The molecule has 2 heterocycles. The van der Waals surface area contributed by atoms with Crippen molar-refractivity contribution in [1.29, 1.82) is 0 Å². The van der Waals surface area contributed by atoms with Crippen LogP contribution in [0, 0.1) is 0 Å². The van der Waals surface area contributed by atoms with Gasteiger partial charge in [-0.25, -0.2) is 0 Å². The Bertz CT molecular complexity index is 699. The van der Waals surface area contributed by atoms with Gasteiger partial charge >= 0.3 is 0 Å². The third-order valence-corrected chi connectivity index (χ3v) is 4.94. The van der Waals surface area contributed by atoms with Crippen LogP contribution in [0.5, 0.6) is 11.5 Å². The molecule has 0 saturated heterocycles. The zero-order valence-electron chi connectivity index (χ0n) is 13.3. The lowest BCUT2D eigenvalue weighted by Crippen LogP contribution is -2.36. The zero-order chi connectivity index (χ0) is 16.2. The van der Waals surface area contributed by atoms with E-state index in [0.717, 1.165) is 19.5 Å². The summed E-state index contributed by atoms with van der Waals surface area (Å²) in [6.07, 6.45) is 1.02. The van der Waals surface area contributed by atoms with E-state index in [0.29, 0.717) is 23.7 Å². The number of nitrogens with one attached hydrogen (secondary N) is 1.